The number of rotatable bonds is 2. The monoisotopic (exact) mass is 292 g/mol. The molecule has 0 heterocycles. The molecular weight excluding hydrogens is 276 g/mol. The number of carbonyl (C=O) groups excluding carboxylic acids is 1. The topological polar surface area (TPSA) is 54.4 Å². The Morgan fingerprint density at radius 3 is 2.45 bits per heavy atom. The molecule has 0 saturated carbocycles. The van der Waals surface area contributed by atoms with Gasteiger partial charge < -0.3 is 5.11 Å². The third kappa shape index (κ3) is 2.25. The first-order valence-electron chi connectivity index (χ1n) is 7.15. The molecule has 1 aliphatic rings. The third-order valence-electron chi connectivity index (χ3n) is 4.16. The number of carboxylic acids is 1. The predicted molar refractivity (Wildman–Crippen MR) is 85.3 cm³/mol. The van der Waals surface area contributed by atoms with Crippen LogP contribution in [0.4, 0.5) is 0 Å². The Hall–Kier alpha value is -2.68. The lowest BCUT2D eigenvalue weighted by Crippen LogP contribution is -2.01. The Bertz CT molecular complexity index is 829. The highest BCUT2D eigenvalue weighted by Gasteiger charge is 2.28. The Kier molecular flexibility index (Phi) is 3.41. The van der Waals surface area contributed by atoms with Crippen molar-refractivity contribution < 1.29 is 14.7 Å². The zero-order valence-electron chi connectivity index (χ0n) is 12.5. The van der Waals surface area contributed by atoms with Gasteiger partial charge in [0.1, 0.15) is 0 Å². The number of Topliss-reactive ketones (excluding diaryl/α,β-unsaturated/α-hetero) is 1. The number of ketones is 1. The number of aryl methyl sites for hydroxylation is 2. The van der Waals surface area contributed by atoms with Crippen LogP contribution in [0.1, 0.15) is 43.0 Å². The Labute approximate surface area is 128 Å². The van der Waals surface area contributed by atoms with E-state index in [2.05, 4.69) is 0 Å². The van der Waals surface area contributed by atoms with E-state index in [0.717, 1.165) is 22.3 Å². The molecule has 0 amide bonds. The number of aromatic carboxylic acids is 1. The van der Waals surface area contributed by atoms with Gasteiger partial charge in [-0.05, 0) is 48.2 Å². The molecule has 2 aromatic rings. The molecule has 0 radical (unpaired) electrons. The Morgan fingerprint density at radius 2 is 1.77 bits per heavy atom. The van der Waals surface area contributed by atoms with E-state index in [1.165, 1.54) is 0 Å². The molecule has 1 aliphatic carbocycles. The number of benzene rings is 2. The molecule has 1 N–H and O–H groups in total. The van der Waals surface area contributed by atoms with Crippen LogP contribution in [0.2, 0.25) is 0 Å². The van der Waals surface area contributed by atoms with E-state index in [-0.39, 0.29) is 11.3 Å². The van der Waals surface area contributed by atoms with E-state index in [0.29, 0.717) is 17.6 Å². The van der Waals surface area contributed by atoms with Crippen molar-refractivity contribution in [1.29, 1.82) is 0 Å². The van der Waals surface area contributed by atoms with E-state index >= 15 is 0 Å². The first kappa shape index (κ1) is 14.3. The molecule has 0 aliphatic heterocycles. The molecule has 0 saturated heterocycles. The number of hydrogen-bond acceptors (Lipinski definition) is 2. The summed E-state index contributed by atoms with van der Waals surface area (Å²) in [4.78, 5) is 23.9. The van der Waals surface area contributed by atoms with Gasteiger partial charge in [-0.15, -0.1) is 0 Å². The van der Waals surface area contributed by atoms with E-state index in [4.69, 9.17) is 0 Å². The molecule has 0 fully saturated rings. The summed E-state index contributed by atoms with van der Waals surface area (Å²) in [5, 5.41) is 9.25. The Morgan fingerprint density at radius 1 is 1.09 bits per heavy atom. The number of carbonyl (C=O) groups is 2. The lowest BCUT2D eigenvalue weighted by atomic mass is 10.00. The van der Waals surface area contributed by atoms with Crippen molar-refractivity contribution in [2.75, 3.05) is 0 Å². The van der Waals surface area contributed by atoms with Gasteiger partial charge in [0.05, 0.1) is 5.56 Å². The van der Waals surface area contributed by atoms with Gasteiger partial charge in [0, 0.05) is 17.6 Å². The van der Waals surface area contributed by atoms with Crippen molar-refractivity contribution in [2.45, 2.75) is 20.3 Å². The van der Waals surface area contributed by atoms with Crippen molar-refractivity contribution >= 4 is 17.8 Å². The van der Waals surface area contributed by atoms with Crippen LogP contribution < -0.4 is 0 Å². The second-order valence-corrected chi connectivity index (χ2v) is 5.62. The second kappa shape index (κ2) is 5.26. The van der Waals surface area contributed by atoms with E-state index in [9.17, 15) is 14.7 Å². The summed E-state index contributed by atoms with van der Waals surface area (Å²) >= 11 is 0. The molecule has 2 aromatic carbocycles. The summed E-state index contributed by atoms with van der Waals surface area (Å²) in [6, 6.07) is 10.7. The van der Waals surface area contributed by atoms with Crippen LogP contribution in [0.25, 0.3) is 6.08 Å². The lowest BCUT2D eigenvalue weighted by Gasteiger charge is -2.04. The standard InChI is InChI=1S/C19H16O3/c1-11-7-8-12(2)17-16(11)10-14(18(17)20)9-13-5-3-4-6-15(13)19(21)22/h3-9H,10H2,1-2H3,(H,21,22)/b14-9-. The van der Waals surface area contributed by atoms with Gasteiger partial charge in [0.25, 0.3) is 0 Å². The molecule has 22 heavy (non-hydrogen) atoms. The maximum atomic E-state index is 12.6. The summed E-state index contributed by atoms with van der Waals surface area (Å²) < 4.78 is 0. The zero-order chi connectivity index (χ0) is 15.9. The summed E-state index contributed by atoms with van der Waals surface area (Å²) in [6.07, 6.45) is 2.28. The minimum absolute atomic E-state index is 0.0105. The molecule has 0 unspecified atom stereocenters. The highest BCUT2D eigenvalue weighted by atomic mass is 16.4. The maximum Gasteiger partial charge on any atom is 0.336 e. The smallest absolute Gasteiger partial charge is 0.336 e. The molecule has 0 aromatic heterocycles. The molecule has 3 rings (SSSR count). The first-order chi connectivity index (χ1) is 10.5. The van der Waals surface area contributed by atoms with Gasteiger partial charge >= 0.3 is 5.97 Å². The second-order valence-electron chi connectivity index (χ2n) is 5.62. The molecule has 110 valence electrons. The molecular formula is C19H16O3. The zero-order valence-corrected chi connectivity index (χ0v) is 12.5. The number of fused-ring (bicyclic) bond motifs is 1. The van der Waals surface area contributed by atoms with Crippen LogP contribution in [0.3, 0.4) is 0 Å². The summed E-state index contributed by atoms with van der Waals surface area (Å²) in [5.74, 6) is -0.973. The van der Waals surface area contributed by atoms with E-state index in [1.54, 1.807) is 30.3 Å². The van der Waals surface area contributed by atoms with Crippen LogP contribution in [0, 0.1) is 13.8 Å². The quantitative estimate of drug-likeness (QED) is 0.856. The van der Waals surface area contributed by atoms with Crippen LogP contribution in [-0.2, 0) is 6.42 Å². The van der Waals surface area contributed by atoms with Crippen LogP contribution in [-0.4, -0.2) is 16.9 Å². The van der Waals surface area contributed by atoms with Crippen molar-refractivity contribution in [3.63, 3.8) is 0 Å². The normalized spacial score (nSPS) is 15.2. The predicted octanol–water partition coefficient (Wildman–Crippen LogP) is 3.82. The molecule has 0 bridgehead atoms. The lowest BCUT2D eigenvalue weighted by molar-refractivity contribution is 0.0696. The SMILES string of the molecule is Cc1ccc(C)c2c1C/C(=C/c1ccccc1C(=O)O)C2=O. The fourth-order valence-corrected chi connectivity index (χ4v) is 2.97. The first-order valence-corrected chi connectivity index (χ1v) is 7.15. The maximum absolute atomic E-state index is 12.6. The van der Waals surface area contributed by atoms with E-state index < -0.39 is 5.97 Å². The molecule has 0 atom stereocenters. The fraction of sp³-hybridized carbons (Fsp3) is 0.158. The third-order valence-corrected chi connectivity index (χ3v) is 4.16. The van der Waals surface area contributed by atoms with Crippen LogP contribution in [0.5, 0.6) is 0 Å². The van der Waals surface area contributed by atoms with Gasteiger partial charge in [-0.2, -0.15) is 0 Å². The fourth-order valence-electron chi connectivity index (χ4n) is 2.97. The average molecular weight is 292 g/mol. The highest BCUT2D eigenvalue weighted by Crippen LogP contribution is 2.32. The summed E-state index contributed by atoms with van der Waals surface area (Å²) in [5.41, 5.74) is 5.35. The molecule has 0 spiro atoms. The number of carboxylic acid groups (broad SMARTS) is 1. The average Bonchev–Trinajstić information content (AvgIpc) is 2.82. The minimum atomic E-state index is -0.984. The largest absolute Gasteiger partial charge is 0.478 e. The van der Waals surface area contributed by atoms with Crippen molar-refractivity contribution in [2.24, 2.45) is 0 Å². The molecule has 3 nitrogen and oxygen atoms in total. The summed E-state index contributed by atoms with van der Waals surface area (Å²) in [6.45, 7) is 3.93. The Balaban J connectivity index is 2.10. The van der Waals surface area contributed by atoms with Crippen molar-refractivity contribution in [3.8, 4) is 0 Å². The van der Waals surface area contributed by atoms with E-state index in [1.807, 2.05) is 26.0 Å². The van der Waals surface area contributed by atoms with Crippen LogP contribution >= 0.6 is 0 Å². The summed E-state index contributed by atoms with van der Waals surface area (Å²) in [7, 11) is 0. The van der Waals surface area contributed by atoms with Crippen molar-refractivity contribution in [1.82, 2.24) is 0 Å². The highest BCUT2D eigenvalue weighted by molar-refractivity contribution is 6.17. The minimum Gasteiger partial charge on any atom is -0.478 e. The van der Waals surface area contributed by atoms with Gasteiger partial charge in [-0.1, -0.05) is 30.3 Å². The number of allylic oxidation sites excluding steroid dienone is 1. The van der Waals surface area contributed by atoms with Gasteiger partial charge in [0.15, 0.2) is 5.78 Å². The molecule has 3 heteroatoms. The van der Waals surface area contributed by atoms with Gasteiger partial charge in [-0.3, -0.25) is 4.79 Å². The van der Waals surface area contributed by atoms with Crippen LogP contribution in [0.15, 0.2) is 42.0 Å². The van der Waals surface area contributed by atoms with Gasteiger partial charge in [-0.25, -0.2) is 4.79 Å². The number of hydrogen-bond donors (Lipinski definition) is 1. The van der Waals surface area contributed by atoms with Gasteiger partial charge in [0.2, 0.25) is 0 Å². The van der Waals surface area contributed by atoms with Crippen molar-refractivity contribution in [3.05, 3.63) is 75.4 Å².